The molecule has 2 unspecified atom stereocenters. The number of nitrogens with zero attached hydrogens (tertiary/aromatic N) is 2. The quantitative estimate of drug-likeness (QED) is 0.455. The predicted molar refractivity (Wildman–Crippen MR) is 102 cm³/mol. The lowest BCUT2D eigenvalue weighted by Crippen LogP contribution is -2.39. The minimum Gasteiger partial charge on any atom is -0.365 e. The van der Waals surface area contributed by atoms with E-state index in [1.54, 1.807) is 12.1 Å². The molecule has 1 aliphatic rings. The Kier molecular flexibility index (Phi) is 8.12. The van der Waals surface area contributed by atoms with Crippen molar-refractivity contribution in [1.29, 1.82) is 0 Å². The van der Waals surface area contributed by atoms with Gasteiger partial charge >= 0.3 is 0 Å². The smallest absolute Gasteiger partial charge is 0.293 e. The zero-order valence-electron chi connectivity index (χ0n) is 14.7. The number of nitro groups is 1. The zero-order valence-corrected chi connectivity index (χ0v) is 15.6. The number of amides is 1. The fraction of sp³-hybridized carbons (Fsp3) is 0.588. The summed E-state index contributed by atoms with van der Waals surface area (Å²) < 4.78 is 0. The van der Waals surface area contributed by atoms with Gasteiger partial charge < -0.3 is 16.0 Å². The first kappa shape index (κ1) is 21.2. The van der Waals surface area contributed by atoms with Crippen LogP contribution in [0.25, 0.3) is 0 Å². The summed E-state index contributed by atoms with van der Waals surface area (Å²) >= 11 is 0. The number of rotatable bonds is 6. The van der Waals surface area contributed by atoms with Crippen molar-refractivity contribution in [2.24, 2.45) is 17.6 Å². The standard InChI is InChI=1S/C17H26N4O3.ClH/c1-12-8-13(2)11-20(10-12)15-5-4-14(9-16(15)21(23)24)17(22)19-7-3-6-18;/h4-5,9,12-13H,3,6-8,10-11,18H2,1-2H3,(H,19,22);1H. The van der Waals surface area contributed by atoms with Crippen LogP contribution in [0.2, 0.25) is 0 Å². The Labute approximate surface area is 154 Å². The van der Waals surface area contributed by atoms with Crippen LogP contribution in [0.3, 0.4) is 0 Å². The fourth-order valence-electron chi connectivity index (χ4n) is 3.34. The molecule has 3 N–H and O–H groups in total. The van der Waals surface area contributed by atoms with Gasteiger partial charge in [-0.3, -0.25) is 14.9 Å². The van der Waals surface area contributed by atoms with E-state index in [-0.39, 0.29) is 24.0 Å². The summed E-state index contributed by atoms with van der Waals surface area (Å²) in [5, 5.41) is 14.2. The third-order valence-corrected chi connectivity index (χ3v) is 4.31. The second-order valence-corrected chi connectivity index (χ2v) is 6.71. The van der Waals surface area contributed by atoms with Gasteiger partial charge in [-0.1, -0.05) is 13.8 Å². The number of hydrogen-bond donors (Lipinski definition) is 2. The third kappa shape index (κ3) is 5.57. The maximum atomic E-state index is 12.1. The monoisotopic (exact) mass is 370 g/mol. The van der Waals surface area contributed by atoms with Crippen molar-refractivity contribution in [3.05, 3.63) is 33.9 Å². The Morgan fingerprint density at radius 3 is 2.56 bits per heavy atom. The summed E-state index contributed by atoms with van der Waals surface area (Å²) in [5.74, 6) is 0.679. The molecule has 1 aliphatic heterocycles. The van der Waals surface area contributed by atoms with Gasteiger partial charge in [0.2, 0.25) is 0 Å². The summed E-state index contributed by atoms with van der Waals surface area (Å²) in [5.41, 5.74) is 6.29. The maximum absolute atomic E-state index is 12.1. The molecule has 0 bridgehead atoms. The lowest BCUT2D eigenvalue weighted by Gasteiger charge is -2.36. The van der Waals surface area contributed by atoms with Crippen molar-refractivity contribution in [3.63, 3.8) is 0 Å². The van der Waals surface area contributed by atoms with Crippen LogP contribution in [0.4, 0.5) is 11.4 Å². The van der Waals surface area contributed by atoms with Crippen molar-refractivity contribution in [2.45, 2.75) is 26.7 Å². The van der Waals surface area contributed by atoms with Crippen LogP contribution in [0, 0.1) is 22.0 Å². The van der Waals surface area contributed by atoms with E-state index >= 15 is 0 Å². The van der Waals surface area contributed by atoms with E-state index in [2.05, 4.69) is 24.1 Å². The van der Waals surface area contributed by atoms with Crippen molar-refractivity contribution in [2.75, 3.05) is 31.1 Å². The first-order valence-electron chi connectivity index (χ1n) is 8.44. The van der Waals surface area contributed by atoms with E-state index in [1.165, 1.54) is 6.07 Å². The molecule has 25 heavy (non-hydrogen) atoms. The Balaban J connectivity index is 0.00000312. The summed E-state index contributed by atoms with van der Waals surface area (Å²) in [4.78, 5) is 25.2. The Morgan fingerprint density at radius 2 is 2.00 bits per heavy atom. The number of carbonyl (C=O) groups is 1. The number of anilines is 1. The molecule has 140 valence electrons. The highest BCUT2D eigenvalue weighted by Gasteiger charge is 2.27. The summed E-state index contributed by atoms with van der Waals surface area (Å²) in [6.45, 7) is 6.87. The van der Waals surface area contributed by atoms with Crippen molar-refractivity contribution in [3.8, 4) is 0 Å². The number of carbonyl (C=O) groups excluding carboxylic acids is 1. The predicted octanol–water partition coefficient (Wildman–Crippen LogP) is 2.58. The molecule has 1 amide bonds. The number of nitrogens with two attached hydrogens (primary N) is 1. The van der Waals surface area contributed by atoms with Gasteiger partial charge in [0.1, 0.15) is 5.69 Å². The summed E-state index contributed by atoms with van der Waals surface area (Å²) in [6, 6.07) is 4.72. The Hall–Kier alpha value is -1.86. The molecule has 2 rings (SSSR count). The molecule has 1 aromatic rings. The van der Waals surface area contributed by atoms with Crippen LogP contribution in [0.1, 0.15) is 37.0 Å². The molecule has 1 aromatic carbocycles. The van der Waals surface area contributed by atoms with Crippen molar-refractivity contribution >= 4 is 29.7 Å². The summed E-state index contributed by atoms with van der Waals surface area (Å²) in [7, 11) is 0. The minimum atomic E-state index is -0.407. The molecule has 0 spiro atoms. The van der Waals surface area contributed by atoms with Crippen LogP contribution in [-0.2, 0) is 0 Å². The molecule has 1 fully saturated rings. The fourth-order valence-corrected chi connectivity index (χ4v) is 3.34. The normalized spacial score (nSPS) is 19.9. The largest absolute Gasteiger partial charge is 0.365 e. The highest BCUT2D eigenvalue weighted by molar-refractivity contribution is 5.95. The first-order valence-corrected chi connectivity index (χ1v) is 8.44. The van der Waals surface area contributed by atoms with Gasteiger partial charge in [0.15, 0.2) is 0 Å². The van der Waals surface area contributed by atoms with E-state index < -0.39 is 4.92 Å². The van der Waals surface area contributed by atoms with Crippen molar-refractivity contribution < 1.29 is 9.72 Å². The molecule has 1 saturated heterocycles. The molecule has 1 heterocycles. The van der Waals surface area contributed by atoms with E-state index in [4.69, 9.17) is 5.73 Å². The lowest BCUT2D eigenvalue weighted by atomic mass is 9.91. The minimum absolute atomic E-state index is 0. The molecule has 7 nitrogen and oxygen atoms in total. The summed E-state index contributed by atoms with van der Waals surface area (Å²) in [6.07, 6.45) is 1.81. The second kappa shape index (κ2) is 9.58. The van der Waals surface area contributed by atoms with Gasteiger partial charge in [-0.15, -0.1) is 12.4 Å². The van der Waals surface area contributed by atoms with E-state index in [0.29, 0.717) is 42.6 Å². The van der Waals surface area contributed by atoms with Crippen LogP contribution >= 0.6 is 12.4 Å². The van der Waals surface area contributed by atoms with Gasteiger partial charge in [-0.2, -0.15) is 0 Å². The average molecular weight is 371 g/mol. The Morgan fingerprint density at radius 1 is 1.36 bits per heavy atom. The SMILES string of the molecule is CC1CC(C)CN(c2ccc(C(=O)NCCCN)cc2[N+](=O)[O-])C1.Cl. The van der Waals surface area contributed by atoms with Gasteiger partial charge in [-0.05, 0) is 43.4 Å². The van der Waals surface area contributed by atoms with Gasteiger partial charge in [0.25, 0.3) is 11.6 Å². The number of nitrogens with one attached hydrogen (secondary N) is 1. The number of halogens is 1. The second-order valence-electron chi connectivity index (χ2n) is 6.71. The first-order chi connectivity index (χ1) is 11.4. The number of benzene rings is 1. The van der Waals surface area contributed by atoms with Crippen LogP contribution < -0.4 is 16.0 Å². The lowest BCUT2D eigenvalue weighted by molar-refractivity contribution is -0.384. The topological polar surface area (TPSA) is 102 Å². The van der Waals surface area contributed by atoms with Crippen LogP contribution in [0.15, 0.2) is 18.2 Å². The number of nitro benzene ring substituents is 1. The molecular formula is C17H27ClN4O3. The molecule has 0 aliphatic carbocycles. The van der Waals surface area contributed by atoms with E-state index in [1.807, 2.05) is 0 Å². The molecule has 0 saturated carbocycles. The molecule has 0 aromatic heterocycles. The number of piperidine rings is 1. The van der Waals surface area contributed by atoms with Gasteiger partial charge in [-0.25, -0.2) is 0 Å². The van der Waals surface area contributed by atoms with Gasteiger partial charge in [0, 0.05) is 31.3 Å². The average Bonchev–Trinajstić information content (AvgIpc) is 2.53. The molecular weight excluding hydrogens is 344 g/mol. The molecule has 8 heteroatoms. The van der Waals surface area contributed by atoms with Crippen molar-refractivity contribution in [1.82, 2.24) is 5.32 Å². The van der Waals surface area contributed by atoms with Gasteiger partial charge in [0.05, 0.1) is 4.92 Å². The maximum Gasteiger partial charge on any atom is 0.293 e. The van der Waals surface area contributed by atoms with E-state index in [0.717, 1.165) is 19.5 Å². The molecule has 2 atom stereocenters. The van der Waals surface area contributed by atoms with E-state index in [9.17, 15) is 14.9 Å². The number of hydrogen-bond acceptors (Lipinski definition) is 5. The van der Waals surface area contributed by atoms with Crippen LogP contribution in [0.5, 0.6) is 0 Å². The molecule has 0 radical (unpaired) electrons. The highest BCUT2D eigenvalue weighted by atomic mass is 35.5. The third-order valence-electron chi connectivity index (χ3n) is 4.31. The zero-order chi connectivity index (χ0) is 17.7. The Bertz CT molecular complexity index is 602. The van der Waals surface area contributed by atoms with Crippen LogP contribution in [-0.4, -0.2) is 37.0 Å². The highest BCUT2D eigenvalue weighted by Crippen LogP contribution is 2.33.